The zero-order valence-corrected chi connectivity index (χ0v) is 12.3. The monoisotopic (exact) mass is 302 g/mol. The molecule has 1 aliphatic heterocycles. The van der Waals surface area contributed by atoms with Crippen LogP contribution in [0.15, 0.2) is 78.9 Å². The fraction of sp³-hybridized carbons (Fsp3) is 0.0526. The lowest BCUT2D eigenvalue weighted by atomic mass is 9.91. The molecule has 2 heterocycles. The van der Waals surface area contributed by atoms with Crippen molar-refractivity contribution in [1.82, 2.24) is 9.55 Å². The third-order valence-electron chi connectivity index (χ3n) is 3.84. The minimum Gasteiger partial charge on any atom is -0.480 e. The smallest absolute Gasteiger partial charge is 0.198 e. The molecule has 4 rings (SSSR count). The van der Waals surface area contributed by atoms with Crippen molar-refractivity contribution in [3.05, 3.63) is 90.0 Å². The van der Waals surface area contributed by atoms with E-state index in [4.69, 9.17) is 4.74 Å². The quantitative estimate of drug-likeness (QED) is 0.677. The van der Waals surface area contributed by atoms with E-state index in [0.717, 1.165) is 5.56 Å². The van der Waals surface area contributed by atoms with E-state index in [1.807, 2.05) is 48.5 Å². The number of ketones is 1. The van der Waals surface area contributed by atoms with Gasteiger partial charge in [0.1, 0.15) is 5.75 Å². The van der Waals surface area contributed by atoms with Crippen LogP contribution in [0.25, 0.3) is 6.20 Å². The summed E-state index contributed by atoms with van der Waals surface area (Å²) in [6, 6.07) is 17.1. The number of hydrogen-bond acceptors (Lipinski definition) is 3. The van der Waals surface area contributed by atoms with Gasteiger partial charge in [-0.05, 0) is 17.7 Å². The van der Waals surface area contributed by atoms with E-state index in [0.29, 0.717) is 16.9 Å². The number of carbonyl (C=O) groups excluding carboxylic acids is 1. The summed E-state index contributed by atoms with van der Waals surface area (Å²) >= 11 is 0. The first-order chi connectivity index (χ1) is 11.3. The molecule has 0 radical (unpaired) electrons. The third kappa shape index (κ3) is 2.44. The van der Waals surface area contributed by atoms with Gasteiger partial charge in [-0.2, -0.15) is 0 Å². The summed E-state index contributed by atoms with van der Waals surface area (Å²) in [6.07, 6.45) is 6.48. The fourth-order valence-electron chi connectivity index (χ4n) is 2.73. The molecule has 23 heavy (non-hydrogen) atoms. The molecule has 1 atom stereocenters. The normalized spacial score (nSPS) is 18.5. The topological polar surface area (TPSA) is 44.1 Å². The molecule has 0 fully saturated rings. The van der Waals surface area contributed by atoms with Gasteiger partial charge >= 0.3 is 0 Å². The number of hydrogen-bond donors (Lipinski definition) is 0. The minimum absolute atomic E-state index is 0.0191. The lowest BCUT2D eigenvalue weighted by Crippen LogP contribution is -2.24. The van der Waals surface area contributed by atoms with Crippen molar-refractivity contribution in [3.8, 4) is 5.75 Å². The average Bonchev–Trinajstić information content (AvgIpc) is 3.11. The van der Waals surface area contributed by atoms with Crippen LogP contribution >= 0.6 is 0 Å². The molecule has 4 heteroatoms. The third-order valence-corrected chi connectivity index (χ3v) is 3.84. The number of benzene rings is 2. The molecule has 4 nitrogen and oxygen atoms in total. The molecule has 0 N–H and O–H groups in total. The summed E-state index contributed by atoms with van der Waals surface area (Å²) in [4.78, 5) is 17.0. The minimum atomic E-state index is -0.430. The van der Waals surface area contributed by atoms with Crippen LogP contribution in [0.5, 0.6) is 5.75 Å². The van der Waals surface area contributed by atoms with Gasteiger partial charge in [-0.3, -0.25) is 4.79 Å². The van der Waals surface area contributed by atoms with Gasteiger partial charge in [-0.1, -0.05) is 42.5 Å². The lowest BCUT2D eigenvalue weighted by molar-refractivity contribution is 0.0963. The Kier molecular flexibility index (Phi) is 3.27. The SMILES string of the molecule is O=C1C(=Cn2ccnc2)C(c2ccccc2)Oc2ccccc21. The van der Waals surface area contributed by atoms with Crippen LogP contribution in [-0.4, -0.2) is 15.3 Å². The number of fused-ring (bicyclic) bond motifs is 1. The van der Waals surface area contributed by atoms with Crippen molar-refractivity contribution in [3.63, 3.8) is 0 Å². The summed E-state index contributed by atoms with van der Waals surface area (Å²) in [5.74, 6) is 0.600. The van der Waals surface area contributed by atoms with Crippen LogP contribution in [-0.2, 0) is 0 Å². The zero-order valence-electron chi connectivity index (χ0n) is 12.3. The van der Waals surface area contributed by atoms with Gasteiger partial charge in [0, 0.05) is 18.6 Å². The molecule has 2 aromatic carbocycles. The highest BCUT2D eigenvalue weighted by Crippen LogP contribution is 2.38. The summed E-state index contributed by atoms with van der Waals surface area (Å²) in [5.41, 5.74) is 2.13. The van der Waals surface area contributed by atoms with E-state index >= 15 is 0 Å². The molecule has 112 valence electrons. The molecular weight excluding hydrogens is 288 g/mol. The fourth-order valence-corrected chi connectivity index (χ4v) is 2.73. The summed E-state index contributed by atoms with van der Waals surface area (Å²) in [5, 5.41) is 0. The molecule has 1 aliphatic rings. The van der Waals surface area contributed by atoms with Crippen molar-refractivity contribution < 1.29 is 9.53 Å². The van der Waals surface area contributed by atoms with E-state index < -0.39 is 6.10 Å². The number of carbonyl (C=O) groups is 1. The van der Waals surface area contributed by atoms with E-state index in [-0.39, 0.29) is 5.78 Å². The van der Waals surface area contributed by atoms with Crippen molar-refractivity contribution >= 4 is 12.0 Å². The molecule has 0 bridgehead atoms. The van der Waals surface area contributed by atoms with Crippen LogP contribution in [0.4, 0.5) is 0 Å². The number of aromatic nitrogens is 2. The Morgan fingerprint density at radius 2 is 1.83 bits per heavy atom. The van der Waals surface area contributed by atoms with Crippen LogP contribution in [0.1, 0.15) is 22.0 Å². The maximum Gasteiger partial charge on any atom is 0.198 e. The Hall–Kier alpha value is -3.14. The Morgan fingerprint density at radius 3 is 2.61 bits per heavy atom. The molecule has 0 spiro atoms. The zero-order chi connectivity index (χ0) is 15.6. The van der Waals surface area contributed by atoms with Crippen LogP contribution in [0, 0.1) is 0 Å². The van der Waals surface area contributed by atoms with Crippen molar-refractivity contribution in [2.75, 3.05) is 0 Å². The second-order valence-corrected chi connectivity index (χ2v) is 5.33. The van der Waals surface area contributed by atoms with E-state index in [9.17, 15) is 4.79 Å². The number of Topliss-reactive ketones (excluding diaryl/α,β-unsaturated/α-hetero) is 1. The highest BCUT2D eigenvalue weighted by molar-refractivity contribution is 6.13. The van der Waals surface area contributed by atoms with E-state index in [1.165, 1.54) is 0 Å². The van der Waals surface area contributed by atoms with Crippen LogP contribution in [0.2, 0.25) is 0 Å². The maximum atomic E-state index is 12.9. The highest BCUT2D eigenvalue weighted by atomic mass is 16.5. The van der Waals surface area contributed by atoms with Crippen LogP contribution in [0.3, 0.4) is 0 Å². The van der Waals surface area contributed by atoms with Gasteiger partial charge in [0.15, 0.2) is 11.9 Å². The van der Waals surface area contributed by atoms with Gasteiger partial charge in [0.25, 0.3) is 0 Å². The molecule has 1 unspecified atom stereocenters. The number of ether oxygens (including phenoxy) is 1. The van der Waals surface area contributed by atoms with E-state index in [1.54, 1.807) is 35.6 Å². The molecule has 3 aromatic rings. The Labute approximate surface area is 133 Å². The first-order valence-corrected chi connectivity index (χ1v) is 7.37. The molecule has 1 aromatic heterocycles. The standard InChI is InChI=1S/C19H14N2O2/c22-18-15-8-4-5-9-17(15)23-19(14-6-2-1-3-7-14)16(18)12-21-11-10-20-13-21/h1-13,19H. The second-order valence-electron chi connectivity index (χ2n) is 5.33. The van der Waals surface area contributed by atoms with Gasteiger partial charge in [-0.15, -0.1) is 0 Å². The molecule has 0 saturated heterocycles. The lowest BCUT2D eigenvalue weighted by Gasteiger charge is -2.28. The number of para-hydroxylation sites is 1. The largest absolute Gasteiger partial charge is 0.480 e. The summed E-state index contributed by atoms with van der Waals surface area (Å²) in [7, 11) is 0. The van der Waals surface area contributed by atoms with Crippen molar-refractivity contribution in [2.45, 2.75) is 6.10 Å². The first-order valence-electron chi connectivity index (χ1n) is 7.37. The maximum absolute atomic E-state index is 12.9. The average molecular weight is 302 g/mol. The van der Waals surface area contributed by atoms with Gasteiger partial charge in [0.05, 0.1) is 17.5 Å². The van der Waals surface area contributed by atoms with Crippen LogP contribution < -0.4 is 4.74 Å². The van der Waals surface area contributed by atoms with Gasteiger partial charge in [0.2, 0.25) is 0 Å². The Balaban J connectivity index is 1.87. The molecular formula is C19H14N2O2. The van der Waals surface area contributed by atoms with Crippen molar-refractivity contribution in [2.24, 2.45) is 0 Å². The molecule has 0 aliphatic carbocycles. The summed E-state index contributed by atoms with van der Waals surface area (Å²) in [6.45, 7) is 0. The highest BCUT2D eigenvalue weighted by Gasteiger charge is 2.32. The van der Waals surface area contributed by atoms with Gasteiger partial charge in [-0.25, -0.2) is 4.98 Å². The number of rotatable bonds is 2. The predicted molar refractivity (Wildman–Crippen MR) is 87.1 cm³/mol. The number of nitrogens with zero attached hydrogens (tertiary/aromatic N) is 2. The predicted octanol–water partition coefficient (Wildman–Crippen LogP) is 3.74. The number of imidazole rings is 1. The Bertz CT molecular complexity index is 867. The first kappa shape index (κ1) is 13.5. The van der Waals surface area contributed by atoms with Gasteiger partial charge < -0.3 is 9.30 Å². The summed E-state index contributed by atoms with van der Waals surface area (Å²) < 4.78 is 7.89. The molecule has 0 saturated carbocycles. The Morgan fingerprint density at radius 1 is 1.04 bits per heavy atom. The van der Waals surface area contributed by atoms with E-state index in [2.05, 4.69) is 4.98 Å². The van der Waals surface area contributed by atoms with Crippen molar-refractivity contribution in [1.29, 1.82) is 0 Å². The molecule has 0 amide bonds. The second kappa shape index (κ2) is 5.57.